The van der Waals surface area contributed by atoms with Crippen LogP contribution in [-0.2, 0) is 4.79 Å². The van der Waals surface area contributed by atoms with E-state index in [0.717, 1.165) is 27.7 Å². The van der Waals surface area contributed by atoms with Gasteiger partial charge in [-0.05, 0) is 64.2 Å². The molecule has 1 N–H and O–H groups in total. The summed E-state index contributed by atoms with van der Waals surface area (Å²) in [7, 11) is 0. The molecule has 1 aromatic heterocycles. The molecule has 0 aliphatic carbocycles. The molecule has 2 aliphatic heterocycles. The van der Waals surface area contributed by atoms with E-state index in [1.54, 1.807) is 0 Å². The number of imide groups is 1. The molecule has 174 valence electrons. The summed E-state index contributed by atoms with van der Waals surface area (Å²) in [6.45, 7) is 12.8. The summed E-state index contributed by atoms with van der Waals surface area (Å²) in [5.41, 5.74) is 3.25. The number of pyridine rings is 1. The molecule has 2 aromatic rings. The number of fused-ring (bicyclic) bond motifs is 1. The van der Waals surface area contributed by atoms with E-state index in [1.807, 2.05) is 56.9 Å². The minimum absolute atomic E-state index is 0.00853. The number of carbonyl (C=O) groups excluding carboxylic acids is 3. The molecule has 2 aliphatic rings. The average Bonchev–Trinajstić information content (AvgIpc) is 3.03. The average molecular weight is 449 g/mol. The molecule has 4 rings (SSSR count). The van der Waals surface area contributed by atoms with Gasteiger partial charge in [0.1, 0.15) is 5.54 Å². The van der Waals surface area contributed by atoms with E-state index in [4.69, 9.17) is 0 Å². The van der Waals surface area contributed by atoms with Crippen LogP contribution >= 0.6 is 0 Å². The third kappa shape index (κ3) is 4.01. The molecular weight excluding hydrogens is 416 g/mol. The van der Waals surface area contributed by atoms with Crippen molar-refractivity contribution in [3.05, 3.63) is 53.2 Å². The van der Waals surface area contributed by atoms with Crippen LogP contribution < -0.4 is 5.32 Å². The monoisotopic (exact) mass is 448 g/mol. The maximum absolute atomic E-state index is 13.5. The molecule has 7 heteroatoms. The minimum atomic E-state index is -0.904. The predicted molar refractivity (Wildman–Crippen MR) is 128 cm³/mol. The van der Waals surface area contributed by atoms with Crippen LogP contribution in [0.4, 0.5) is 4.79 Å². The highest BCUT2D eigenvalue weighted by Crippen LogP contribution is 2.37. The van der Waals surface area contributed by atoms with E-state index < -0.39 is 5.54 Å². The zero-order valence-corrected chi connectivity index (χ0v) is 19.9. The molecule has 0 spiro atoms. The van der Waals surface area contributed by atoms with Crippen LogP contribution in [0, 0.1) is 19.8 Å². The molecule has 3 heterocycles. The Morgan fingerprint density at radius 2 is 1.91 bits per heavy atom. The second-order valence-corrected chi connectivity index (χ2v) is 9.50. The highest BCUT2D eigenvalue weighted by atomic mass is 16.2. The van der Waals surface area contributed by atoms with Gasteiger partial charge in [-0.1, -0.05) is 30.7 Å². The number of nitrogens with one attached hydrogen (secondary N) is 1. The fourth-order valence-electron chi connectivity index (χ4n) is 5.26. The first-order valence-corrected chi connectivity index (χ1v) is 11.6. The van der Waals surface area contributed by atoms with Crippen LogP contribution in [0.25, 0.3) is 10.9 Å². The number of aromatic nitrogens is 1. The first kappa shape index (κ1) is 23.0. The Bertz CT molecular complexity index is 1150. The van der Waals surface area contributed by atoms with Crippen LogP contribution in [0.15, 0.2) is 36.4 Å². The van der Waals surface area contributed by atoms with E-state index in [1.165, 1.54) is 4.90 Å². The van der Waals surface area contributed by atoms with Crippen LogP contribution in [-0.4, -0.2) is 57.8 Å². The molecule has 0 radical (unpaired) electrons. The van der Waals surface area contributed by atoms with Crippen LogP contribution in [0.3, 0.4) is 0 Å². The SMILES string of the molecule is C=C(C)CN1C(=O)N[C@@](CC)(C2CCN(C(=O)c3cc(C)nc4ccc(C)cc34)CC2)C1=O. The van der Waals surface area contributed by atoms with E-state index >= 15 is 0 Å². The lowest BCUT2D eigenvalue weighted by Gasteiger charge is -2.40. The Morgan fingerprint density at radius 1 is 1.21 bits per heavy atom. The minimum Gasteiger partial charge on any atom is -0.339 e. The summed E-state index contributed by atoms with van der Waals surface area (Å²) in [5.74, 6) is -0.198. The van der Waals surface area contributed by atoms with Gasteiger partial charge in [-0.15, -0.1) is 0 Å². The third-order valence-corrected chi connectivity index (χ3v) is 6.99. The first-order valence-electron chi connectivity index (χ1n) is 11.6. The van der Waals surface area contributed by atoms with Crippen molar-refractivity contribution in [2.45, 2.75) is 52.5 Å². The van der Waals surface area contributed by atoms with Crippen molar-refractivity contribution in [3.63, 3.8) is 0 Å². The molecule has 33 heavy (non-hydrogen) atoms. The van der Waals surface area contributed by atoms with E-state index in [0.29, 0.717) is 37.9 Å². The zero-order chi connectivity index (χ0) is 23.9. The number of urea groups is 1. The summed E-state index contributed by atoms with van der Waals surface area (Å²) < 4.78 is 0. The van der Waals surface area contributed by atoms with Gasteiger partial charge in [-0.2, -0.15) is 0 Å². The lowest BCUT2D eigenvalue weighted by Crippen LogP contribution is -2.56. The zero-order valence-electron chi connectivity index (χ0n) is 19.9. The van der Waals surface area contributed by atoms with Gasteiger partial charge < -0.3 is 10.2 Å². The van der Waals surface area contributed by atoms with Crippen molar-refractivity contribution in [2.24, 2.45) is 5.92 Å². The Labute approximate surface area is 194 Å². The van der Waals surface area contributed by atoms with Crippen LogP contribution in [0.2, 0.25) is 0 Å². The Morgan fingerprint density at radius 3 is 2.55 bits per heavy atom. The molecule has 2 saturated heterocycles. The molecule has 1 aromatic carbocycles. The molecule has 0 unspecified atom stereocenters. The van der Waals surface area contributed by atoms with E-state index in [9.17, 15) is 14.4 Å². The number of likely N-dealkylation sites (tertiary alicyclic amines) is 1. The van der Waals surface area contributed by atoms with Gasteiger partial charge in [0, 0.05) is 24.2 Å². The van der Waals surface area contributed by atoms with Gasteiger partial charge in [0.15, 0.2) is 0 Å². The van der Waals surface area contributed by atoms with Gasteiger partial charge in [0.25, 0.3) is 11.8 Å². The number of piperidine rings is 1. The number of hydrogen-bond donors (Lipinski definition) is 1. The molecule has 2 fully saturated rings. The summed E-state index contributed by atoms with van der Waals surface area (Å²) >= 11 is 0. The van der Waals surface area contributed by atoms with Crippen LogP contribution in [0.5, 0.6) is 0 Å². The van der Waals surface area contributed by atoms with E-state index in [2.05, 4.69) is 16.9 Å². The summed E-state index contributed by atoms with van der Waals surface area (Å²) in [5, 5.41) is 3.86. The number of aryl methyl sites for hydroxylation is 2. The number of benzene rings is 1. The smallest absolute Gasteiger partial charge is 0.325 e. The normalized spacial score (nSPS) is 21.6. The Balaban J connectivity index is 1.54. The summed E-state index contributed by atoms with van der Waals surface area (Å²) in [6, 6.07) is 7.48. The van der Waals surface area contributed by atoms with Crippen molar-refractivity contribution in [3.8, 4) is 0 Å². The molecule has 7 nitrogen and oxygen atoms in total. The standard InChI is InChI=1S/C26H32N4O3/c1-6-26(24(32)30(15-16(2)3)25(33)28-26)19-9-11-29(12-10-19)23(31)21-14-18(5)27-22-8-7-17(4)13-20(21)22/h7-8,13-14,19H,2,6,9-12,15H2,1,3-5H3,(H,28,33)/t26-/m0/s1. The molecule has 1 atom stereocenters. The topological polar surface area (TPSA) is 82.6 Å². The number of carbonyl (C=O) groups is 3. The molecule has 4 amide bonds. The highest BCUT2D eigenvalue weighted by Gasteiger charge is 2.54. The van der Waals surface area contributed by atoms with Crippen molar-refractivity contribution in [1.29, 1.82) is 0 Å². The fourth-order valence-corrected chi connectivity index (χ4v) is 5.26. The molecule has 0 bridgehead atoms. The molecular formula is C26H32N4O3. The van der Waals surface area contributed by atoms with Crippen LogP contribution in [0.1, 0.15) is 54.7 Å². The number of amides is 4. The second-order valence-electron chi connectivity index (χ2n) is 9.50. The lowest BCUT2D eigenvalue weighted by molar-refractivity contribution is -0.133. The third-order valence-electron chi connectivity index (χ3n) is 6.99. The van der Waals surface area contributed by atoms with Gasteiger partial charge >= 0.3 is 6.03 Å². The number of hydrogen-bond acceptors (Lipinski definition) is 4. The van der Waals surface area contributed by atoms with Gasteiger partial charge in [-0.3, -0.25) is 19.5 Å². The largest absolute Gasteiger partial charge is 0.339 e. The van der Waals surface area contributed by atoms with Crippen molar-refractivity contribution in [2.75, 3.05) is 19.6 Å². The molecule has 0 saturated carbocycles. The van der Waals surface area contributed by atoms with Crippen molar-refractivity contribution >= 4 is 28.7 Å². The quantitative estimate of drug-likeness (QED) is 0.554. The Hall–Kier alpha value is -3.22. The second kappa shape index (κ2) is 8.61. The highest BCUT2D eigenvalue weighted by molar-refractivity contribution is 6.08. The van der Waals surface area contributed by atoms with Gasteiger partial charge in [0.05, 0.1) is 17.6 Å². The lowest BCUT2D eigenvalue weighted by atomic mass is 9.75. The maximum Gasteiger partial charge on any atom is 0.325 e. The predicted octanol–water partition coefficient (Wildman–Crippen LogP) is 3.98. The maximum atomic E-state index is 13.5. The Kier molecular flexibility index (Phi) is 5.99. The van der Waals surface area contributed by atoms with Crippen molar-refractivity contribution in [1.82, 2.24) is 20.1 Å². The summed E-state index contributed by atoms with van der Waals surface area (Å²) in [6.07, 6.45) is 1.84. The first-order chi connectivity index (χ1) is 15.7. The number of nitrogens with zero attached hydrogens (tertiary/aromatic N) is 3. The van der Waals surface area contributed by atoms with Gasteiger partial charge in [0.2, 0.25) is 0 Å². The van der Waals surface area contributed by atoms with E-state index in [-0.39, 0.29) is 30.3 Å². The van der Waals surface area contributed by atoms with Crippen molar-refractivity contribution < 1.29 is 14.4 Å². The fraction of sp³-hybridized carbons (Fsp3) is 0.462. The number of rotatable bonds is 5. The summed E-state index contributed by atoms with van der Waals surface area (Å²) in [4.78, 5) is 47.0. The van der Waals surface area contributed by atoms with Gasteiger partial charge in [-0.25, -0.2) is 4.79 Å².